The molecule has 10 heteroatoms. The van der Waals surface area contributed by atoms with Crippen molar-refractivity contribution in [1.82, 2.24) is 14.4 Å². The van der Waals surface area contributed by atoms with Crippen molar-refractivity contribution in [2.24, 2.45) is 0 Å². The number of carbonyl (C=O) groups excluding carboxylic acids is 1. The molecule has 0 amide bonds. The number of alkyl halides is 3. The number of hydrogen-bond acceptors (Lipinski definition) is 6. The molecule has 0 spiro atoms. The van der Waals surface area contributed by atoms with Crippen LogP contribution in [0.25, 0.3) is 5.65 Å². The first-order valence-electron chi connectivity index (χ1n) is 8.03. The number of nitrogens with zero attached hydrogens (tertiary/aromatic N) is 3. The molecule has 0 N–H and O–H groups in total. The molecule has 3 aromatic rings. The van der Waals surface area contributed by atoms with Crippen LogP contribution >= 0.6 is 11.8 Å². The standard InChI is InChI=1S/C18H14F3N3O3S/c1-11-4-5-14-23-12(7-15(25)24(14)8-11)9-27-17(26)13-3-2-6-22-16(13)28-10-18(19,20)21/h2-8H,9-10H2,1H3. The van der Waals surface area contributed by atoms with Crippen molar-refractivity contribution in [2.45, 2.75) is 24.7 Å². The number of carbonyl (C=O) groups is 1. The van der Waals surface area contributed by atoms with Crippen molar-refractivity contribution < 1.29 is 22.7 Å². The zero-order chi connectivity index (χ0) is 20.3. The van der Waals surface area contributed by atoms with Crippen LogP contribution in [0.2, 0.25) is 0 Å². The third-order valence-corrected chi connectivity index (χ3v) is 4.65. The first-order chi connectivity index (χ1) is 13.2. The summed E-state index contributed by atoms with van der Waals surface area (Å²) in [6.07, 6.45) is -1.46. The molecule has 0 saturated heterocycles. The number of aryl methyl sites for hydroxylation is 1. The summed E-state index contributed by atoms with van der Waals surface area (Å²) in [5, 5.41) is -0.0770. The summed E-state index contributed by atoms with van der Waals surface area (Å²) in [6.45, 7) is 1.54. The van der Waals surface area contributed by atoms with Crippen LogP contribution in [0.15, 0.2) is 52.5 Å². The van der Waals surface area contributed by atoms with Crippen molar-refractivity contribution in [2.75, 3.05) is 5.75 Å². The van der Waals surface area contributed by atoms with Gasteiger partial charge in [-0.25, -0.2) is 14.8 Å². The van der Waals surface area contributed by atoms with Crippen molar-refractivity contribution in [3.05, 3.63) is 69.9 Å². The van der Waals surface area contributed by atoms with Crippen LogP contribution in [0.3, 0.4) is 0 Å². The van der Waals surface area contributed by atoms with Crippen LogP contribution in [0.4, 0.5) is 13.2 Å². The number of fused-ring (bicyclic) bond motifs is 1. The molecule has 0 radical (unpaired) electrons. The normalized spacial score (nSPS) is 11.6. The molecule has 0 saturated carbocycles. The van der Waals surface area contributed by atoms with Gasteiger partial charge in [-0.05, 0) is 30.7 Å². The van der Waals surface area contributed by atoms with Crippen LogP contribution in [-0.4, -0.2) is 32.3 Å². The number of aromatic nitrogens is 3. The number of pyridine rings is 2. The number of thioether (sulfide) groups is 1. The smallest absolute Gasteiger partial charge is 0.398 e. The Labute approximate surface area is 161 Å². The lowest BCUT2D eigenvalue weighted by atomic mass is 10.3. The van der Waals surface area contributed by atoms with Gasteiger partial charge >= 0.3 is 12.1 Å². The van der Waals surface area contributed by atoms with E-state index in [-0.39, 0.29) is 28.4 Å². The van der Waals surface area contributed by atoms with E-state index in [2.05, 4.69) is 9.97 Å². The Morgan fingerprint density at radius 2 is 2.07 bits per heavy atom. The fraction of sp³-hybridized carbons (Fsp3) is 0.222. The monoisotopic (exact) mass is 409 g/mol. The summed E-state index contributed by atoms with van der Waals surface area (Å²) in [6, 6.07) is 7.45. The van der Waals surface area contributed by atoms with Crippen LogP contribution in [0.5, 0.6) is 0 Å². The van der Waals surface area contributed by atoms with E-state index in [0.29, 0.717) is 17.4 Å². The number of rotatable bonds is 5. The molecule has 0 unspecified atom stereocenters. The first kappa shape index (κ1) is 19.9. The number of ether oxygens (including phenoxy) is 1. The molecule has 0 aliphatic rings. The zero-order valence-electron chi connectivity index (χ0n) is 14.6. The Morgan fingerprint density at radius 1 is 1.29 bits per heavy atom. The fourth-order valence-electron chi connectivity index (χ4n) is 2.36. The highest BCUT2D eigenvalue weighted by atomic mass is 32.2. The van der Waals surface area contributed by atoms with Gasteiger partial charge < -0.3 is 4.74 Å². The molecular weight excluding hydrogens is 395 g/mol. The maximum absolute atomic E-state index is 12.4. The molecule has 0 aromatic carbocycles. The number of hydrogen-bond donors (Lipinski definition) is 0. The average Bonchev–Trinajstić information content (AvgIpc) is 2.65. The van der Waals surface area contributed by atoms with Crippen LogP contribution in [0, 0.1) is 6.92 Å². The molecule has 0 bridgehead atoms. The van der Waals surface area contributed by atoms with E-state index in [0.717, 1.165) is 5.56 Å². The lowest BCUT2D eigenvalue weighted by molar-refractivity contribution is -0.105. The number of esters is 1. The molecule has 6 nitrogen and oxygen atoms in total. The minimum absolute atomic E-state index is 0.0770. The summed E-state index contributed by atoms with van der Waals surface area (Å²) < 4.78 is 43.8. The Bertz CT molecular complexity index is 1080. The van der Waals surface area contributed by atoms with Crippen molar-refractivity contribution >= 4 is 23.4 Å². The lowest BCUT2D eigenvalue weighted by Gasteiger charge is -2.10. The van der Waals surface area contributed by atoms with E-state index < -0.39 is 17.9 Å². The Hall–Kier alpha value is -2.88. The van der Waals surface area contributed by atoms with Crippen LogP contribution < -0.4 is 5.56 Å². The quantitative estimate of drug-likeness (QED) is 0.475. The predicted octanol–water partition coefficient (Wildman–Crippen LogP) is 3.41. The van der Waals surface area contributed by atoms with Crippen molar-refractivity contribution in [1.29, 1.82) is 0 Å². The average molecular weight is 409 g/mol. The molecule has 3 aromatic heterocycles. The van der Waals surface area contributed by atoms with Gasteiger partial charge in [-0.2, -0.15) is 13.2 Å². The highest BCUT2D eigenvalue weighted by Crippen LogP contribution is 2.28. The maximum atomic E-state index is 12.4. The van der Waals surface area contributed by atoms with Gasteiger partial charge in [0.2, 0.25) is 0 Å². The second kappa shape index (κ2) is 8.01. The van der Waals surface area contributed by atoms with Crippen LogP contribution in [-0.2, 0) is 11.3 Å². The second-order valence-corrected chi connectivity index (χ2v) is 6.82. The molecule has 146 valence electrons. The van der Waals surface area contributed by atoms with Crippen molar-refractivity contribution in [3.8, 4) is 0 Å². The third-order valence-electron chi connectivity index (χ3n) is 3.58. The second-order valence-electron chi connectivity index (χ2n) is 5.86. The van der Waals surface area contributed by atoms with E-state index in [4.69, 9.17) is 4.74 Å². The summed E-state index contributed by atoms with van der Waals surface area (Å²) in [5.41, 5.74) is 1.10. The molecule has 3 rings (SSSR count). The molecule has 0 aliphatic heterocycles. The van der Waals surface area contributed by atoms with E-state index >= 15 is 0 Å². The fourth-order valence-corrected chi connectivity index (χ4v) is 3.10. The minimum Gasteiger partial charge on any atom is -0.456 e. The minimum atomic E-state index is -4.39. The van der Waals surface area contributed by atoms with Gasteiger partial charge in [0.25, 0.3) is 5.56 Å². The van der Waals surface area contributed by atoms with Gasteiger partial charge in [0.15, 0.2) is 0 Å². The van der Waals surface area contributed by atoms with E-state index in [9.17, 15) is 22.8 Å². The van der Waals surface area contributed by atoms with Gasteiger partial charge in [-0.1, -0.05) is 17.8 Å². The highest BCUT2D eigenvalue weighted by Gasteiger charge is 2.28. The Balaban J connectivity index is 1.75. The molecule has 3 heterocycles. The van der Waals surface area contributed by atoms with Gasteiger partial charge in [0.05, 0.1) is 17.0 Å². The molecule has 0 fully saturated rings. The van der Waals surface area contributed by atoms with Gasteiger partial charge in [-0.3, -0.25) is 9.20 Å². The largest absolute Gasteiger partial charge is 0.456 e. The van der Waals surface area contributed by atoms with E-state index in [1.165, 1.54) is 28.8 Å². The predicted molar refractivity (Wildman–Crippen MR) is 96.3 cm³/mol. The van der Waals surface area contributed by atoms with Gasteiger partial charge in [-0.15, -0.1) is 0 Å². The Morgan fingerprint density at radius 3 is 2.82 bits per heavy atom. The molecule has 28 heavy (non-hydrogen) atoms. The van der Waals surface area contributed by atoms with Gasteiger partial charge in [0.1, 0.15) is 17.3 Å². The Kier molecular flexibility index (Phi) is 5.68. The molecule has 0 aliphatic carbocycles. The molecule has 0 atom stereocenters. The molecular formula is C18H14F3N3O3S. The summed E-state index contributed by atoms with van der Waals surface area (Å²) >= 11 is 0.404. The lowest BCUT2D eigenvalue weighted by Crippen LogP contribution is -2.17. The third kappa shape index (κ3) is 4.89. The van der Waals surface area contributed by atoms with Crippen LogP contribution in [0.1, 0.15) is 21.6 Å². The highest BCUT2D eigenvalue weighted by molar-refractivity contribution is 7.99. The topological polar surface area (TPSA) is 73.6 Å². The van der Waals surface area contributed by atoms with Gasteiger partial charge in [0, 0.05) is 18.5 Å². The zero-order valence-corrected chi connectivity index (χ0v) is 15.4. The number of halogens is 3. The van der Waals surface area contributed by atoms with Crippen molar-refractivity contribution in [3.63, 3.8) is 0 Å². The summed E-state index contributed by atoms with van der Waals surface area (Å²) in [4.78, 5) is 32.5. The SMILES string of the molecule is Cc1ccc2nc(COC(=O)c3cccnc3SCC(F)(F)F)cc(=O)n2c1. The van der Waals surface area contributed by atoms with E-state index in [1.807, 2.05) is 6.92 Å². The summed E-state index contributed by atoms with van der Waals surface area (Å²) in [7, 11) is 0. The first-order valence-corrected chi connectivity index (χ1v) is 9.02. The van der Waals surface area contributed by atoms with E-state index in [1.54, 1.807) is 18.3 Å². The maximum Gasteiger partial charge on any atom is 0.398 e. The summed E-state index contributed by atoms with van der Waals surface area (Å²) in [5.74, 6) is -2.02.